The van der Waals surface area contributed by atoms with Crippen LogP contribution in [0.5, 0.6) is 0 Å². The lowest BCUT2D eigenvalue weighted by molar-refractivity contribution is -0.124. The van der Waals surface area contributed by atoms with Crippen LogP contribution in [-0.4, -0.2) is 46.7 Å². The molecule has 1 fully saturated rings. The third-order valence-electron chi connectivity index (χ3n) is 2.15. The van der Waals surface area contributed by atoms with Gasteiger partial charge in [-0.25, -0.2) is 4.79 Å². The Morgan fingerprint density at radius 1 is 1.56 bits per heavy atom. The fraction of sp³-hybridized carbons (Fsp3) is 0.727. The highest BCUT2D eigenvalue weighted by molar-refractivity contribution is 7.99. The lowest BCUT2D eigenvalue weighted by Gasteiger charge is -2.27. The Balaban J connectivity index is 2.62. The first-order valence-electron chi connectivity index (χ1n) is 5.57. The van der Waals surface area contributed by atoms with Crippen LogP contribution >= 0.6 is 11.8 Å². The van der Waals surface area contributed by atoms with Crippen LogP contribution < -0.4 is 5.32 Å². The average molecular weight is 271 g/mol. The fourth-order valence-corrected chi connectivity index (χ4v) is 2.55. The van der Waals surface area contributed by atoms with Crippen molar-refractivity contribution in [3.05, 3.63) is 0 Å². The molecule has 1 aliphatic heterocycles. The van der Waals surface area contributed by atoms with Crippen molar-refractivity contribution in [1.82, 2.24) is 10.2 Å². The summed E-state index contributed by atoms with van der Waals surface area (Å²) in [6.45, 7) is 5.28. The zero-order valence-electron chi connectivity index (χ0n) is 10.7. The Labute approximate surface area is 111 Å². The zero-order chi connectivity index (χ0) is 13.8. The molecule has 0 aromatic heterocycles. The number of carbonyl (C=O) groups excluding carboxylic acids is 2. The SMILES string of the molecule is CC(C)(C)OC(=O)N1CSC[C@@H]1C(=O)NCC#N. The zero-order valence-corrected chi connectivity index (χ0v) is 11.5. The largest absolute Gasteiger partial charge is 0.444 e. The molecule has 1 heterocycles. The highest BCUT2D eigenvalue weighted by atomic mass is 32.2. The van der Waals surface area contributed by atoms with Gasteiger partial charge in [0.15, 0.2) is 0 Å². The van der Waals surface area contributed by atoms with Gasteiger partial charge in [0, 0.05) is 5.75 Å². The van der Waals surface area contributed by atoms with Crippen molar-refractivity contribution >= 4 is 23.8 Å². The van der Waals surface area contributed by atoms with E-state index >= 15 is 0 Å². The van der Waals surface area contributed by atoms with Crippen molar-refractivity contribution in [2.24, 2.45) is 0 Å². The first kappa shape index (κ1) is 14.6. The number of nitrogens with one attached hydrogen (secondary N) is 1. The number of hydrogen-bond acceptors (Lipinski definition) is 5. The minimum atomic E-state index is -0.585. The molecule has 0 aromatic carbocycles. The molecule has 1 rings (SSSR count). The Morgan fingerprint density at radius 2 is 2.22 bits per heavy atom. The van der Waals surface area contributed by atoms with Gasteiger partial charge in [0.2, 0.25) is 5.91 Å². The van der Waals surface area contributed by atoms with Gasteiger partial charge in [0.05, 0.1) is 11.9 Å². The van der Waals surface area contributed by atoms with Gasteiger partial charge in [-0.2, -0.15) is 5.26 Å². The fourth-order valence-electron chi connectivity index (χ4n) is 1.40. The molecule has 1 atom stereocenters. The van der Waals surface area contributed by atoms with Crippen molar-refractivity contribution < 1.29 is 14.3 Å². The molecule has 6 nitrogen and oxygen atoms in total. The van der Waals surface area contributed by atoms with E-state index < -0.39 is 17.7 Å². The molecule has 1 aliphatic rings. The van der Waals surface area contributed by atoms with E-state index in [1.54, 1.807) is 20.8 Å². The minimum absolute atomic E-state index is 0.0534. The second-order valence-electron chi connectivity index (χ2n) is 4.84. The maximum atomic E-state index is 11.9. The lowest BCUT2D eigenvalue weighted by atomic mass is 10.2. The van der Waals surface area contributed by atoms with Gasteiger partial charge in [0.25, 0.3) is 0 Å². The van der Waals surface area contributed by atoms with Crippen LogP contribution in [0.25, 0.3) is 0 Å². The number of ether oxygens (including phenoxy) is 1. The summed E-state index contributed by atoms with van der Waals surface area (Å²) in [6, 6.07) is 1.27. The second-order valence-corrected chi connectivity index (χ2v) is 5.84. The van der Waals surface area contributed by atoms with Gasteiger partial charge in [0.1, 0.15) is 18.2 Å². The van der Waals surface area contributed by atoms with Gasteiger partial charge in [-0.05, 0) is 20.8 Å². The molecule has 0 unspecified atom stereocenters. The van der Waals surface area contributed by atoms with Crippen LogP contribution in [0.4, 0.5) is 4.79 Å². The van der Waals surface area contributed by atoms with Gasteiger partial charge >= 0.3 is 6.09 Å². The van der Waals surface area contributed by atoms with E-state index in [1.165, 1.54) is 16.7 Å². The first-order valence-corrected chi connectivity index (χ1v) is 6.72. The summed E-state index contributed by atoms with van der Waals surface area (Å²) < 4.78 is 5.24. The van der Waals surface area contributed by atoms with E-state index in [4.69, 9.17) is 10.00 Å². The molecule has 2 amide bonds. The summed E-state index contributed by atoms with van der Waals surface area (Å²) in [5.41, 5.74) is -0.585. The minimum Gasteiger partial charge on any atom is -0.444 e. The Morgan fingerprint density at radius 3 is 2.78 bits per heavy atom. The van der Waals surface area contributed by atoms with E-state index in [0.717, 1.165) is 0 Å². The summed E-state index contributed by atoms with van der Waals surface area (Å²) in [5, 5.41) is 10.9. The predicted octanol–water partition coefficient (Wildman–Crippen LogP) is 0.936. The molecule has 0 aromatic rings. The number of rotatable bonds is 2. The van der Waals surface area contributed by atoms with Crippen LogP contribution in [0.2, 0.25) is 0 Å². The number of amides is 2. The maximum Gasteiger partial charge on any atom is 0.411 e. The molecule has 18 heavy (non-hydrogen) atoms. The standard InChI is InChI=1S/C11H17N3O3S/c1-11(2,3)17-10(16)14-7-18-6-8(14)9(15)13-5-4-12/h8H,5-7H2,1-3H3,(H,13,15)/t8-/m1/s1. The Hall–Kier alpha value is -1.42. The average Bonchev–Trinajstić information content (AvgIpc) is 2.72. The molecule has 0 radical (unpaired) electrons. The molecule has 1 N–H and O–H groups in total. The molecular weight excluding hydrogens is 254 g/mol. The highest BCUT2D eigenvalue weighted by Gasteiger charge is 2.36. The number of carbonyl (C=O) groups is 2. The summed E-state index contributed by atoms with van der Waals surface area (Å²) >= 11 is 1.49. The third-order valence-corrected chi connectivity index (χ3v) is 3.17. The molecule has 0 aliphatic carbocycles. The smallest absolute Gasteiger partial charge is 0.411 e. The van der Waals surface area contributed by atoms with Crippen LogP contribution in [0, 0.1) is 11.3 Å². The number of thioether (sulfide) groups is 1. The van der Waals surface area contributed by atoms with Gasteiger partial charge in [-0.1, -0.05) is 0 Å². The molecular formula is C11H17N3O3S. The van der Waals surface area contributed by atoms with E-state index in [-0.39, 0.29) is 12.5 Å². The van der Waals surface area contributed by atoms with Crippen molar-refractivity contribution in [2.75, 3.05) is 18.2 Å². The van der Waals surface area contributed by atoms with E-state index in [9.17, 15) is 9.59 Å². The van der Waals surface area contributed by atoms with Gasteiger partial charge < -0.3 is 10.1 Å². The first-order chi connectivity index (χ1) is 8.35. The molecule has 0 bridgehead atoms. The topological polar surface area (TPSA) is 82.4 Å². The summed E-state index contributed by atoms with van der Waals surface area (Å²) in [7, 11) is 0. The monoisotopic (exact) mass is 271 g/mol. The van der Waals surface area contributed by atoms with Crippen LogP contribution in [-0.2, 0) is 9.53 Å². The molecule has 7 heteroatoms. The Bertz CT molecular complexity index is 373. The van der Waals surface area contributed by atoms with Crippen molar-refractivity contribution in [3.8, 4) is 6.07 Å². The molecule has 1 saturated heterocycles. The quantitative estimate of drug-likeness (QED) is 0.756. The Kier molecular flexibility index (Phi) is 4.84. The van der Waals surface area contributed by atoms with Crippen LogP contribution in [0.1, 0.15) is 20.8 Å². The summed E-state index contributed by atoms with van der Waals surface area (Å²) in [6.07, 6.45) is -0.496. The summed E-state index contributed by atoms with van der Waals surface area (Å²) in [5.74, 6) is 0.642. The van der Waals surface area contributed by atoms with Crippen molar-refractivity contribution in [3.63, 3.8) is 0 Å². The molecule has 0 saturated carbocycles. The second kappa shape index (κ2) is 5.96. The predicted molar refractivity (Wildman–Crippen MR) is 67.8 cm³/mol. The van der Waals surface area contributed by atoms with Crippen LogP contribution in [0.3, 0.4) is 0 Å². The maximum absolute atomic E-state index is 11.9. The lowest BCUT2D eigenvalue weighted by Crippen LogP contribution is -2.48. The van der Waals surface area contributed by atoms with Crippen molar-refractivity contribution in [1.29, 1.82) is 5.26 Å². The van der Waals surface area contributed by atoms with E-state index in [1.807, 2.05) is 6.07 Å². The molecule has 0 spiro atoms. The number of nitriles is 1. The number of hydrogen-bond donors (Lipinski definition) is 1. The third kappa shape index (κ3) is 4.11. The summed E-state index contributed by atoms with van der Waals surface area (Å²) in [4.78, 5) is 25.0. The molecule has 100 valence electrons. The van der Waals surface area contributed by atoms with Gasteiger partial charge in [-0.15, -0.1) is 11.8 Å². The normalized spacial score (nSPS) is 19.2. The van der Waals surface area contributed by atoms with Crippen LogP contribution in [0.15, 0.2) is 0 Å². The van der Waals surface area contributed by atoms with E-state index in [2.05, 4.69) is 5.32 Å². The van der Waals surface area contributed by atoms with Crippen molar-refractivity contribution in [2.45, 2.75) is 32.4 Å². The van der Waals surface area contributed by atoms with E-state index in [0.29, 0.717) is 11.6 Å². The highest BCUT2D eigenvalue weighted by Crippen LogP contribution is 2.23. The van der Waals surface area contributed by atoms with Gasteiger partial charge in [-0.3, -0.25) is 9.69 Å². The number of nitrogens with zero attached hydrogens (tertiary/aromatic N) is 2.